The van der Waals surface area contributed by atoms with E-state index in [1.165, 1.54) is 0 Å². The highest BCUT2D eigenvalue weighted by Gasteiger charge is 2.16. The Morgan fingerprint density at radius 3 is 1.67 bits per heavy atom. The molecule has 0 saturated carbocycles. The van der Waals surface area contributed by atoms with Gasteiger partial charge in [0, 0.05) is 28.1 Å². The Hall–Kier alpha value is -2.23. The fourth-order valence-electron chi connectivity index (χ4n) is 2.44. The topological polar surface area (TPSA) is 40.5 Å². The van der Waals surface area contributed by atoms with Crippen LogP contribution in [0.4, 0.5) is 0 Å². The molecular weight excluding hydrogens is 280 g/mol. The number of aromatic hydroxyl groups is 1. The monoisotopic (exact) mass is 294 g/mol. The molecule has 2 N–H and O–H groups in total. The Balaban J connectivity index is 2.33. The molecule has 2 nitrogen and oxygen atoms in total. The quantitative estimate of drug-likeness (QED) is 0.645. The summed E-state index contributed by atoms with van der Waals surface area (Å²) in [4.78, 5) is 0.720. The van der Waals surface area contributed by atoms with Crippen molar-refractivity contribution in [3.8, 4) is 28.0 Å². The summed E-state index contributed by atoms with van der Waals surface area (Å²) in [6, 6.07) is 22.8. The fraction of sp³-hybridized carbons (Fsp3) is 0. The minimum Gasteiger partial charge on any atom is -0.507 e. The Morgan fingerprint density at radius 1 is 0.619 bits per heavy atom. The fourth-order valence-corrected chi connectivity index (χ4v) is 2.88. The zero-order valence-electron chi connectivity index (χ0n) is 11.2. The molecule has 0 aliphatic heterocycles. The molecule has 0 bridgehead atoms. The normalized spacial score (nSPS) is 10.5. The highest BCUT2D eigenvalue weighted by Crippen LogP contribution is 2.43. The van der Waals surface area contributed by atoms with E-state index in [2.05, 4.69) is 0 Å². The molecule has 0 aliphatic rings. The second kappa shape index (κ2) is 6.04. The van der Waals surface area contributed by atoms with Gasteiger partial charge in [0.05, 0.1) is 0 Å². The number of phenolic OH excluding ortho intramolecular Hbond substituents is 1. The van der Waals surface area contributed by atoms with Crippen LogP contribution in [-0.4, -0.2) is 9.66 Å². The molecule has 0 aliphatic carbocycles. The average molecular weight is 294 g/mol. The van der Waals surface area contributed by atoms with E-state index in [-0.39, 0.29) is 5.75 Å². The predicted molar refractivity (Wildman–Crippen MR) is 87.5 cm³/mol. The van der Waals surface area contributed by atoms with Crippen molar-refractivity contribution in [3.05, 3.63) is 72.8 Å². The largest absolute Gasteiger partial charge is 0.507 e. The molecule has 0 atom stereocenters. The van der Waals surface area contributed by atoms with Gasteiger partial charge in [-0.25, -0.2) is 0 Å². The van der Waals surface area contributed by atoms with Crippen LogP contribution in [0.1, 0.15) is 0 Å². The van der Waals surface area contributed by atoms with E-state index >= 15 is 0 Å². The molecule has 0 unspecified atom stereocenters. The van der Waals surface area contributed by atoms with Crippen molar-refractivity contribution in [2.75, 3.05) is 0 Å². The molecule has 0 amide bonds. The Morgan fingerprint density at radius 2 is 1.14 bits per heavy atom. The third-order valence-electron chi connectivity index (χ3n) is 3.37. The first kappa shape index (κ1) is 13.7. The van der Waals surface area contributed by atoms with Gasteiger partial charge in [-0.05, 0) is 23.3 Å². The molecule has 3 aromatic carbocycles. The summed E-state index contributed by atoms with van der Waals surface area (Å²) in [6.07, 6.45) is 0. The van der Waals surface area contributed by atoms with Crippen molar-refractivity contribution in [1.29, 1.82) is 0 Å². The summed E-state index contributed by atoms with van der Waals surface area (Å²) < 4.78 is 9.58. The van der Waals surface area contributed by atoms with Gasteiger partial charge < -0.3 is 9.66 Å². The summed E-state index contributed by atoms with van der Waals surface area (Å²) in [7, 11) is 0. The van der Waals surface area contributed by atoms with Crippen LogP contribution in [0.5, 0.6) is 5.75 Å². The van der Waals surface area contributed by atoms with Crippen LogP contribution in [0, 0.1) is 0 Å². The number of benzene rings is 3. The van der Waals surface area contributed by atoms with Crippen LogP contribution in [0.25, 0.3) is 22.3 Å². The number of hydrogen-bond acceptors (Lipinski definition) is 3. The molecule has 0 aromatic heterocycles. The lowest BCUT2D eigenvalue weighted by atomic mass is 9.93. The van der Waals surface area contributed by atoms with Gasteiger partial charge in [0.25, 0.3) is 0 Å². The highest BCUT2D eigenvalue weighted by molar-refractivity contribution is 7.94. The van der Waals surface area contributed by atoms with Gasteiger partial charge in [0.15, 0.2) is 0 Å². The van der Waals surface area contributed by atoms with E-state index in [0.29, 0.717) is 12.0 Å². The van der Waals surface area contributed by atoms with Crippen LogP contribution in [0.15, 0.2) is 77.7 Å². The first-order chi connectivity index (χ1) is 10.3. The van der Waals surface area contributed by atoms with E-state index in [0.717, 1.165) is 27.1 Å². The van der Waals surface area contributed by atoms with Gasteiger partial charge in [0.2, 0.25) is 0 Å². The third kappa shape index (κ3) is 2.66. The Kier molecular flexibility index (Phi) is 3.95. The van der Waals surface area contributed by atoms with E-state index in [9.17, 15) is 9.66 Å². The summed E-state index contributed by atoms with van der Waals surface area (Å²) in [5.41, 5.74) is 3.46. The summed E-state index contributed by atoms with van der Waals surface area (Å²) in [6.45, 7) is 0. The number of phenols is 1. The molecule has 3 rings (SSSR count). The summed E-state index contributed by atoms with van der Waals surface area (Å²) in [5.74, 6) is 0.206. The molecular formula is C18H14O2S. The van der Waals surface area contributed by atoms with Crippen molar-refractivity contribution in [1.82, 2.24) is 0 Å². The highest BCUT2D eigenvalue weighted by atomic mass is 32.2. The SMILES string of the molecule is OSc1ccc(O)c(-c2ccccc2)c1-c1ccccc1. The van der Waals surface area contributed by atoms with Crippen molar-refractivity contribution in [3.63, 3.8) is 0 Å². The molecule has 0 heterocycles. The molecule has 0 radical (unpaired) electrons. The minimum atomic E-state index is 0.206. The second-order valence-electron chi connectivity index (χ2n) is 4.66. The van der Waals surface area contributed by atoms with Crippen LogP contribution in [0.2, 0.25) is 0 Å². The maximum Gasteiger partial charge on any atom is 0.124 e. The lowest BCUT2D eigenvalue weighted by Gasteiger charge is -2.15. The van der Waals surface area contributed by atoms with Crippen molar-refractivity contribution < 1.29 is 9.66 Å². The van der Waals surface area contributed by atoms with Crippen LogP contribution >= 0.6 is 12.0 Å². The maximum atomic E-state index is 10.3. The van der Waals surface area contributed by atoms with E-state index in [1.807, 2.05) is 60.7 Å². The average Bonchev–Trinajstić information content (AvgIpc) is 2.56. The first-order valence-corrected chi connectivity index (χ1v) is 7.37. The number of rotatable bonds is 3. The first-order valence-electron chi connectivity index (χ1n) is 6.59. The van der Waals surface area contributed by atoms with Crippen molar-refractivity contribution in [2.24, 2.45) is 0 Å². The zero-order chi connectivity index (χ0) is 14.7. The predicted octanol–water partition coefficient (Wildman–Crippen LogP) is 5.29. The molecule has 0 spiro atoms. The van der Waals surface area contributed by atoms with Gasteiger partial charge in [0.1, 0.15) is 5.75 Å². The summed E-state index contributed by atoms with van der Waals surface area (Å²) >= 11 is 0.697. The standard InChI is InChI=1S/C18H14O2S/c19-15-11-12-16(21-20)18(14-9-5-2-6-10-14)17(15)13-7-3-1-4-8-13/h1-12,19-20H. The van der Waals surface area contributed by atoms with E-state index < -0.39 is 0 Å². The zero-order valence-corrected chi connectivity index (χ0v) is 12.0. The van der Waals surface area contributed by atoms with Gasteiger partial charge >= 0.3 is 0 Å². The van der Waals surface area contributed by atoms with Crippen LogP contribution < -0.4 is 0 Å². The van der Waals surface area contributed by atoms with Gasteiger partial charge in [-0.3, -0.25) is 0 Å². The van der Waals surface area contributed by atoms with E-state index in [1.54, 1.807) is 12.1 Å². The second-order valence-corrected chi connectivity index (χ2v) is 5.28. The molecule has 3 heteroatoms. The molecule has 0 saturated heterocycles. The van der Waals surface area contributed by atoms with Crippen molar-refractivity contribution in [2.45, 2.75) is 4.90 Å². The minimum absolute atomic E-state index is 0.206. The molecule has 21 heavy (non-hydrogen) atoms. The van der Waals surface area contributed by atoms with Crippen LogP contribution in [-0.2, 0) is 0 Å². The summed E-state index contributed by atoms with van der Waals surface area (Å²) in [5, 5.41) is 10.3. The lowest BCUT2D eigenvalue weighted by molar-refractivity contribution is 0.477. The van der Waals surface area contributed by atoms with Gasteiger partial charge in [-0.15, -0.1) is 0 Å². The smallest absolute Gasteiger partial charge is 0.124 e. The Bertz CT molecular complexity index is 740. The van der Waals surface area contributed by atoms with E-state index in [4.69, 9.17) is 0 Å². The van der Waals surface area contributed by atoms with Crippen LogP contribution in [0.3, 0.4) is 0 Å². The molecule has 104 valence electrons. The maximum absolute atomic E-state index is 10.3. The van der Waals surface area contributed by atoms with Gasteiger partial charge in [-0.1, -0.05) is 60.7 Å². The van der Waals surface area contributed by atoms with Gasteiger partial charge in [-0.2, -0.15) is 0 Å². The lowest BCUT2D eigenvalue weighted by Crippen LogP contribution is -1.89. The van der Waals surface area contributed by atoms with Crippen molar-refractivity contribution >= 4 is 12.0 Å². The molecule has 3 aromatic rings. The third-order valence-corrected chi connectivity index (χ3v) is 3.91. The molecule has 0 fully saturated rings. The number of hydrogen-bond donors (Lipinski definition) is 2. The Labute approximate surface area is 127 Å².